The molecule has 5 nitrogen and oxygen atoms in total. The van der Waals surface area contributed by atoms with Crippen molar-refractivity contribution in [3.8, 4) is 0 Å². The van der Waals surface area contributed by atoms with E-state index >= 15 is 0 Å². The van der Waals surface area contributed by atoms with Crippen molar-refractivity contribution in [2.24, 2.45) is 0 Å². The number of ether oxygens (including phenoxy) is 3. The fourth-order valence-corrected chi connectivity index (χ4v) is 0.912. The zero-order chi connectivity index (χ0) is 8.74. The summed E-state index contributed by atoms with van der Waals surface area (Å²) in [6.45, 7) is 9.30. The predicted octanol–water partition coefficient (Wildman–Crippen LogP) is 1.11. The Bertz CT molecular complexity index is 83.1. The van der Waals surface area contributed by atoms with Gasteiger partial charge in [0.2, 0.25) is 0 Å². The summed E-state index contributed by atoms with van der Waals surface area (Å²) in [5, 5.41) is 0. The van der Waals surface area contributed by atoms with E-state index in [9.17, 15) is 0 Å². The van der Waals surface area contributed by atoms with Gasteiger partial charge >= 0.3 is 0 Å². The van der Waals surface area contributed by atoms with Crippen molar-refractivity contribution in [1.29, 1.82) is 0 Å². The molecule has 84 valence electrons. The lowest BCUT2D eigenvalue weighted by molar-refractivity contribution is -0.365. The largest absolute Gasteiger partial charge is 0.412 e. The number of rotatable bonds is 6. The van der Waals surface area contributed by atoms with E-state index in [1.165, 1.54) is 0 Å². The Labute approximate surface area is 80.3 Å². The van der Waals surface area contributed by atoms with Crippen molar-refractivity contribution in [1.82, 2.24) is 6.15 Å². The van der Waals surface area contributed by atoms with Crippen LogP contribution in [-0.4, -0.2) is 31.3 Å². The monoisotopic (exact) mass is 197 g/mol. The van der Waals surface area contributed by atoms with E-state index < -0.39 is 5.97 Å². The molecular weight excluding hydrogens is 174 g/mol. The third kappa shape index (κ3) is 8.14. The zero-order valence-corrected chi connectivity index (χ0v) is 9.05. The van der Waals surface area contributed by atoms with Gasteiger partial charge in [-0.1, -0.05) is 0 Å². The Hall–Kier alpha value is -0.200. The minimum atomic E-state index is -0.849. The van der Waals surface area contributed by atoms with Crippen LogP contribution in [0, 0.1) is 0 Å². The minimum absolute atomic E-state index is 0. The molecule has 0 aromatic heterocycles. The van der Waals surface area contributed by atoms with Crippen LogP contribution >= 0.6 is 0 Å². The molecule has 0 aliphatic carbocycles. The van der Waals surface area contributed by atoms with Crippen LogP contribution in [-0.2, 0) is 14.2 Å². The highest BCUT2D eigenvalue weighted by atomic mass is 16.9. The Morgan fingerprint density at radius 1 is 0.846 bits per heavy atom. The van der Waals surface area contributed by atoms with Gasteiger partial charge < -0.3 is 25.8 Å². The van der Waals surface area contributed by atoms with Crippen LogP contribution in [0.2, 0.25) is 0 Å². The van der Waals surface area contributed by atoms with Gasteiger partial charge in [-0.05, 0) is 20.8 Å². The van der Waals surface area contributed by atoms with Crippen molar-refractivity contribution in [2.45, 2.75) is 33.7 Å². The molecule has 5 heteroatoms. The van der Waals surface area contributed by atoms with Gasteiger partial charge in [-0.15, -0.1) is 0 Å². The highest BCUT2D eigenvalue weighted by Gasteiger charge is 2.24. The average molecular weight is 197 g/mol. The maximum Gasteiger partial charge on any atom is 0.279 e. The maximum absolute atomic E-state index is 5.27. The van der Waals surface area contributed by atoms with Gasteiger partial charge in [-0.2, -0.15) is 0 Å². The van der Waals surface area contributed by atoms with Gasteiger partial charge in [0.1, 0.15) is 0 Å². The zero-order valence-electron chi connectivity index (χ0n) is 9.05. The Morgan fingerprint density at radius 3 is 1.23 bits per heavy atom. The van der Waals surface area contributed by atoms with Crippen LogP contribution < -0.4 is 6.15 Å². The summed E-state index contributed by atoms with van der Waals surface area (Å²) >= 11 is 0. The maximum atomic E-state index is 5.27. The fourth-order valence-electron chi connectivity index (χ4n) is 0.912. The lowest BCUT2D eigenvalue weighted by Gasteiger charge is -2.27. The molecule has 0 aromatic rings. The third-order valence-corrected chi connectivity index (χ3v) is 1.22. The molecule has 0 heterocycles. The van der Waals surface area contributed by atoms with Gasteiger partial charge in [0.25, 0.3) is 5.97 Å². The second kappa shape index (κ2) is 9.88. The van der Waals surface area contributed by atoms with E-state index in [1.54, 1.807) is 6.92 Å². The Balaban J connectivity index is -0.000000500. The summed E-state index contributed by atoms with van der Waals surface area (Å²) in [6.07, 6.45) is 0. The molecule has 5 N–H and O–H groups in total. The molecule has 0 aliphatic heterocycles. The average Bonchev–Trinajstić information content (AvgIpc) is 1.88. The van der Waals surface area contributed by atoms with Crippen LogP contribution in [0.15, 0.2) is 0 Å². The molecular formula is C8H23NO4. The predicted molar refractivity (Wildman–Crippen MR) is 51.9 cm³/mol. The van der Waals surface area contributed by atoms with E-state index in [-0.39, 0.29) is 11.6 Å². The van der Waals surface area contributed by atoms with E-state index in [4.69, 9.17) is 14.2 Å². The summed E-state index contributed by atoms with van der Waals surface area (Å²) in [5.74, 6) is -0.849. The van der Waals surface area contributed by atoms with E-state index in [0.29, 0.717) is 19.8 Å². The van der Waals surface area contributed by atoms with Crippen molar-refractivity contribution < 1.29 is 19.7 Å². The normalized spacial score (nSPS) is 10.2. The highest BCUT2D eigenvalue weighted by molar-refractivity contribution is 4.45. The quantitative estimate of drug-likeness (QED) is 0.645. The van der Waals surface area contributed by atoms with Gasteiger partial charge in [-0.3, -0.25) is 0 Å². The van der Waals surface area contributed by atoms with Crippen molar-refractivity contribution in [3.05, 3.63) is 0 Å². The van der Waals surface area contributed by atoms with E-state index in [0.717, 1.165) is 0 Å². The van der Waals surface area contributed by atoms with E-state index in [1.807, 2.05) is 20.8 Å². The second-order valence-corrected chi connectivity index (χ2v) is 2.16. The Morgan fingerprint density at radius 2 is 1.08 bits per heavy atom. The van der Waals surface area contributed by atoms with Gasteiger partial charge in [0, 0.05) is 26.7 Å². The molecule has 0 fully saturated rings. The molecule has 0 amide bonds. The summed E-state index contributed by atoms with van der Waals surface area (Å²) in [5.41, 5.74) is 0. The van der Waals surface area contributed by atoms with Crippen molar-refractivity contribution >= 4 is 0 Å². The second-order valence-electron chi connectivity index (χ2n) is 2.16. The first kappa shape index (κ1) is 18.6. The number of hydrogen-bond acceptors (Lipinski definition) is 4. The molecule has 0 radical (unpaired) electrons. The summed E-state index contributed by atoms with van der Waals surface area (Å²) in [6, 6.07) is 0. The van der Waals surface area contributed by atoms with Crippen LogP contribution in [0.25, 0.3) is 0 Å². The molecule has 13 heavy (non-hydrogen) atoms. The molecule has 0 spiro atoms. The molecule has 0 bridgehead atoms. The van der Waals surface area contributed by atoms with Gasteiger partial charge in [0.15, 0.2) is 0 Å². The molecule has 0 aromatic carbocycles. The first-order chi connectivity index (χ1) is 5.18. The summed E-state index contributed by atoms with van der Waals surface area (Å²) < 4.78 is 15.8. The van der Waals surface area contributed by atoms with Crippen molar-refractivity contribution in [3.63, 3.8) is 0 Å². The Kier molecular flexibility index (Phi) is 14.1. The first-order valence-electron chi connectivity index (χ1n) is 4.10. The van der Waals surface area contributed by atoms with E-state index in [2.05, 4.69) is 0 Å². The van der Waals surface area contributed by atoms with Crippen LogP contribution in [0.1, 0.15) is 27.7 Å². The molecule has 0 atom stereocenters. The smallest absolute Gasteiger partial charge is 0.279 e. The van der Waals surface area contributed by atoms with Crippen molar-refractivity contribution in [2.75, 3.05) is 19.8 Å². The van der Waals surface area contributed by atoms with Gasteiger partial charge in [-0.25, -0.2) is 0 Å². The topological polar surface area (TPSA) is 94.2 Å². The molecule has 0 rings (SSSR count). The summed E-state index contributed by atoms with van der Waals surface area (Å²) in [7, 11) is 0. The SMILES string of the molecule is CCOC(C)(OCC)OCC.N.O. The fraction of sp³-hybridized carbons (Fsp3) is 1.00. The van der Waals surface area contributed by atoms with Crippen LogP contribution in [0.5, 0.6) is 0 Å². The molecule has 0 saturated heterocycles. The molecule has 0 aliphatic rings. The molecule has 0 unspecified atom stereocenters. The minimum Gasteiger partial charge on any atom is -0.412 e. The third-order valence-electron chi connectivity index (χ3n) is 1.22. The highest BCUT2D eigenvalue weighted by Crippen LogP contribution is 2.13. The summed E-state index contributed by atoms with van der Waals surface area (Å²) in [4.78, 5) is 0. The first-order valence-corrected chi connectivity index (χ1v) is 4.10. The standard InChI is InChI=1S/C8H18O3.H3N.H2O/c1-5-9-8(4,10-6-2)11-7-3;;/h5-7H2,1-4H3;1H3;1H2. The lowest BCUT2D eigenvalue weighted by Crippen LogP contribution is -2.35. The van der Waals surface area contributed by atoms with Crippen LogP contribution in [0.3, 0.4) is 0 Å². The molecule has 0 saturated carbocycles. The van der Waals surface area contributed by atoms with Gasteiger partial charge in [0.05, 0.1) is 0 Å². The lowest BCUT2D eigenvalue weighted by atomic mass is 10.6. The van der Waals surface area contributed by atoms with Crippen LogP contribution in [0.4, 0.5) is 0 Å². The number of hydrogen-bond donors (Lipinski definition) is 1.